The quantitative estimate of drug-likeness (QED) is 0.856. The van der Waals surface area contributed by atoms with Crippen LogP contribution >= 0.6 is 0 Å². The van der Waals surface area contributed by atoms with Crippen LogP contribution < -0.4 is 5.32 Å². The molecule has 2 rings (SSSR count). The van der Waals surface area contributed by atoms with E-state index in [1.165, 1.54) is 25.5 Å². The highest BCUT2D eigenvalue weighted by Crippen LogP contribution is 2.19. The van der Waals surface area contributed by atoms with E-state index in [2.05, 4.69) is 5.32 Å². The fourth-order valence-corrected chi connectivity index (χ4v) is 2.15. The number of amides is 1. The summed E-state index contributed by atoms with van der Waals surface area (Å²) in [6.07, 6.45) is 2.05. The van der Waals surface area contributed by atoms with E-state index < -0.39 is 5.97 Å². The van der Waals surface area contributed by atoms with Crippen LogP contribution in [0, 0.1) is 0 Å². The molecule has 6 heteroatoms. The molecule has 0 unspecified atom stereocenters. The van der Waals surface area contributed by atoms with Crippen molar-refractivity contribution in [3.05, 3.63) is 53.0 Å². The zero-order valence-corrected chi connectivity index (χ0v) is 12.4. The molecule has 0 atom stereocenters. The summed E-state index contributed by atoms with van der Waals surface area (Å²) in [5.41, 5.74) is 1.60. The Morgan fingerprint density at radius 2 is 2.09 bits per heavy atom. The van der Waals surface area contributed by atoms with Gasteiger partial charge >= 0.3 is 5.97 Å². The lowest BCUT2D eigenvalue weighted by atomic mass is 10.1. The zero-order chi connectivity index (χ0) is 16.1. The lowest BCUT2D eigenvalue weighted by Gasteiger charge is -2.09. The third-order valence-electron chi connectivity index (χ3n) is 3.12. The van der Waals surface area contributed by atoms with E-state index in [-0.39, 0.29) is 18.1 Å². The summed E-state index contributed by atoms with van der Waals surface area (Å²) < 4.78 is 10.2. The number of hydrogen-bond acceptors (Lipinski definition) is 4. The van der Waals surface area contributed by atoms with Crippen LogP contribution in [-0.2, 0) is 17.8 Å². The molecular weight excluding hydrogens is 286 g/mol. The largest absolute Gasteiger partial charge is 0.478 e. The number of benzene rings is 1. The summed E-state index contributed by atoms with van der Waals surface area (Å²) in [6, 6.07) is 6.19. The maximum atomic E-state index is 12.3. The van der Waals surface area contributed by atoms with Gasteiger partial charge in [0.1, 0.15) is 5.76 Å². The number of anilines is 1. The highest BCUT2D eigenvalue weighted by Gasteiger charge is 2.15. The molecule has 1 heterocycles. The van der Waals surface area contributed by atoms with E-state index in [0.29, 0.717) is 29.0 Å². The van der Waals surface area contributed by atoms with Crippen molar-refractivity contribution in [3.8, 4) is 0 Å². The van der Waals surface area contributed by atoms with E-state index in [1.807, 2.05) is 6.92 Å². The van der Waals surface area contributed by atoms with Crippen molar-refractivity contribution in [2.24, 2.45) is 0 Å². The van der Waals surface area contributed by atoms with E-state index >= 15 is 0 Å². The normalized spacial score (nSPS) is 10.5. The molecule has 1 amide bonds. The fraction of sp³-hybridized carbons (Fsp3) is 0.250. The average Bonchev–Trinajstić information content (AvgIpc) is 2.95. The number of carbonyl (C=O) groups is 2. The Morgan fingerprint density at radius 1 is 1.32 bits per heavy atom. The maximum Gasteiger partial charge on any atom is 0.335 e. The van der Waals surface area contributed by atoms with Gasteiger partial charge in [-0.25, -0.2) is 4.79 Å². The molecule has 0 saturated heterocycles. The van der Waals surface area contributed by atoms with Gasteiger partial charge in [-0.1, -0.05) is 6.92 Å². The van der Waals surface area contributed by atoms with Crippen LogP contribution in [0.1, 0.15) is 39.0 Å². The van der Waals surface area contributed by atoms with Crippen LogP contribution in [-0.4, -0.2) is 24.1 Å². The number of aryl methyl sites for hydroxylation is 1. The fourth-order valence-electron chi connectivity index (χ4n) is 2.15. The van der Waals surface area contributed by atoms with Gasteiger partial charge in [-0.05, 0) is 29.8 Å². The number of hydrogen-bond donors (Lipinski definition) is 2. The summed E-state index contributed by atoms with van der Waals surface area (Å²) >= 11 is 0. The molecule has 6 nitrogen and oxygen atoms in total. The van der Waals surface area contributed by atoms with Crippen molar-refractivity contribution >= 4 is 17.6 Å². The van der Waals surface area contributed by atoms with Gasteiger partial charge in [-0.15, -0.1) is 0 Å². The minimum absolute atomic E-state index is 0.0905. The minimum atomic E-state index is -1.06. The second-order valence-corrected chi connectivity index (χ2v) is 4.72. The zero-order valence-electron chi connectivity index (χ0n) is 12.4. The molecule has 0 bridgehead atoms. The van der Waals surface area contributed by atoms with Crippen LogP contribution in [0.25, 0.3) is 0 Å². The first-order chi connectivity index (χ1) is 10.5. The van der Waals surface area contributed by atoms with Crippen LogP contribution in [0.5, 0.6) is 0 Å². The SMILES string of the molecule is CCc1occc1C(=O)Nc1cc(COC)cc(C(=O)O)c1. The summed E-state index contributed by atoms with van der Waals surface area (Å²) in [5.74, 6) is -0.813. The number of methoxy groups -OCH3 is 1. The van der Waals surface area contributed by atoms with Gasteiger partial charge in [0.2, 0.25) is 0 Å². The lowest BCUT2D eigenvalue weighted by Crippen LogP contribution is -2.13. The summed E-state index contributed by atoms with van der Waals surface area (Å²) in [7, 11) is 1.52. The number of aromatic carboxylic acids is 1. The van der Waals surface area contributed by atoms with Crippen molar-refractivity contribution in [1.29, 1.82) is 0 Å². The molecule has 0 aliphatic heterocycles. The standard InChI is InChI=1S/C16H17NO5/c1-3-14-13(4-5-22-14)15(18)17-12-7-10(9-21-2)6-11(8-12)16(19)20/h4-8H,3,9H2,1-2H3,(H,17,18)(H,19,20). The van der Waals surface area contributed by atoms with Crippen molar-refractivity contribution in [2.45, 2.75) is 20.0 Å². The molecule has 0 aliphatic rings. The second kappa shape index (κ2) is 6.91. The second-order valence-electron chi connectivity index (χ2n) is 4.72. The van der Waals surface area contributed by atoms with Gasteiger partial charge in [0.15, 0.2) is 0 Å². The third-order valence-corrected chi connectivity index (χ3v) is 3.12. The number of rotatable bonds is 6. The molecule has 0 fully saturated rings. The molecule has 116 valence electrons. The van der Waals surface area contributed by atoms with Crippen LogP contribution in [0.4, 0.5) is 5.69 Å². The third kappa shape index (κ3) is 3.53. The van der Waals surface area contributed by atoms with Crippen LogP contribution in [0.15, 0.2) is 34.9 Å². The predicted octanol–water partition coefficient (Wildman–Crippen LogP) is 2.94. The Morgan fingerprint density at radius 3 is 2.73 bits per heavy atom. The van der Waals surface area contributed by atoms with Crippen molar-refractivity contribution < 1.29 is 23.8 Å². The average molecular weight is 303 g/mol. The van der Waals surface area contributed by atoms with Crippen LogP contribution in [0.3, 0.4) is 0 Å². The molecule has 2 N–H and O–H groups in total. The molecule has 1 aromatic carbocycles. The Kier molecular flexibility index (Phi) is 4.95. The van der Waals surface area contributed by atoms with Crippen molar-refractivity contribution in [2.75, 3.05) is 12.4 Å². The van der Waals surface area contributed by atoms with E-state index in [9.17, 15) is 9.59 Å². The van der Waals surface area contributed by atoms with Crippen molar-refractivity contribution in [3.63, 3.8) is 0 Å². The Balaban J connectivity index is 2.28. The van der Waals surface area contributed by atoms with E-state index in [1.54, 1.807) is 12.1 Å². The molecule has 0 aliphatic carbocycles. The number of carboxylic acids is 1. The number of furan rings is 1. The number of carbonyl (C=O) groups excluding carboxylic acids is 1. The van der Waals surface area contributed by atoms with E-state index in [4.69, 9.17) is 14.3 Å². The summed E-state index contributed by atoms with van der Waals surface area (Å²) in [6.45, 7) is 2.15. The lowest BCUT2D eigenvalue weighted by molar-refractivity contribution is 0.0696. The van der Waals surface area contributed by atoms with Gasteiger partial charge in [0.05, 0.1) is 24.0 Å². The Labute approximate surface area is 127 Å². The predicted molar refractivity (Wildman–Crippen MR) is 80.2 cm³/mol. The van der Waals surface area contributed by atoms with Crippen molar-refractivity contribution in [1.82, 2.24) is 0 Å². The Hall–Kier alpha value is -2.60. The molecule has 2 aromatic rings. The first-order valence-electron chi connectivity index (χ1n) is 6.79. The van der Waals surface area contributed by atoms with Crippen LogP contribution in [0.2, 0.25) is 0 Å². The summed E-state index contributed by atoms with van der Waals surface area (Å²) in [5, 5.41) is 11.8. The van der Waals surface area contributed by atoms with Gasteiger partial charge < -0.3 is 19.6 Å². The van der Waals surface area contributed by atoms with Gasteiger partial charge in [-0.2, -0.15) is 0 Å². The van der Waals surface area contributed by atoms with Gasteiger partial charge in [-0.3, -0.25) is 4.79 Å². The molecule has 0 spiro atoms. The maximum absolute atomic E-state index is 12.3. The molecule has 22 heavy (non-hydrogen) atoms. The monoisotopic (exact) mass is 303 g/mol. The number of carboxylic acid groups (broad SMARTS) is 1. The van der Waals surface area contributed by atoms with Gasteiger partial charge in [0.25, 0.3) is 5.91 Å². The molecular formula is C16H17NO5. The number of nitrogens with one attached hydrogen (secondary N) is 1. The first-order valence-corrected chi connectivity index (χ1v) is 6.79. The first kappa shape index (κ1) is 15.8. The summed E-state index contributed by atoms with van der Waals surface area (Å²) in [4.78, 5) is 23.4. The minimum Gasteiger partial charge on any atom is -0.478 e. The molecule has 0 saturated carbocycles. The highest BCUT2D eigenvalue weighted by atomic mass is 16.5. The topological polar surface area (TPSA) is 88.8 Å². The smallest absolute Gasteiger partial charge is 0.335 e. The highest BCUT2D eigenvalue weighted by molar-refractivity contribution is 6.05. The Bertz CT molecular complexity index is 690. The number of ether oxygens (including phenoxy) is 1. The van der Waals surface area contributed by atoms with E-state index in [0.717, 1.165) is 0 Å². The molecule has 0 radical (unpaired) electrons. The van der Waals surface area contributed by atoms with Gasteiger partial charge in [0, 0.05) is 19.2 Å². The molecule has 1 aromatic heterocycles.